The predicted molar refractivity (Wildman–Crippen MR) is 109 cm³/mol. The Morgan fingerprint density at radius 2 is 1.63 bits per heavy atom. The Kier molecular flexibility index (Phi) is 4.42. The molecule has 0 fully saturated rings. The van der Waals surface area contributed by atoms with Crippen LogP contribution in [0.15, 0.2) is 82.1 Å². The third kappa shape index (κ3) is 3.44. The van der Waals surface area contributed by atoms with Gasteiger partial charge in [0.15, 0.2) is 5.76 Å². The third-order valence-corrected chi connectivity index (χ3v) is 5.86. The Hall–Kier alpha value is -2.76. The molecule has 136 valence electrons. The summed E-state index contributed by atoms with van der Waals surface area (Å²) in [5.41, 5.74) is 2.85. The minimum Gasteiger partial charge on any atom is -0.454 e. The second-order valence-electron chi connectivity index (χ2n) is 6.23. The van der Waals surface area contributed by atoms with Crippen LogP contribution in [0.5, 0.6) is 0 Å². The number of rotatable bonds is 4. The minimum atomic E-state index is -3.80. The molecule has 4 rings (SSSR count). The molecule has 0 bridgehead atoms. The Labute approximate surface area is 162 Å². The van der Waals surface area contributed by atoms with E-state index in [1.54, 1.807) is 12.1 Å². The summed E-state index contributed by atoms with van der Waals surface area (Å²) in [4.78, 5) is 0.132. The van der Waals surface area contributed by atoms with Crippen LogP contribution in [0.3, 0.4) is 0 Å². The van der Waals surface area contributed by atoms with Crippen molar-refractivity contribution in [3.63, 3.8) is 0 Å². The Morgan fingerprint density at radius 1 is 0.926 bits per heavy atom. The van der Waals surface area contributed by atoms with Gasteiger partial charge in [-0.25, -0.2) is 8.42 Å². The number of aryl methyl sites for hydroxylation is 1. The fourth-order valence-electron chi connectivity index (χ4n) is 2.91. The van der Waals surface area contributed by atoms with Crippen LogP contribution in [0.1, 0.15) is 5.56 Å². The minimum absolute atomic E-state index is 0.132. The molecular weight excluding hydrogens is 382 g/mol. The van der Waals surface area contributed by atoms with Crippen molar-refractivity contribution in [2.24, 2.45) is 0 Å². The van der Waals surface area contributed by atoms with E-state index in [0.29, 0.717) is 27.4 Å². The van der Waals surface area contributed by atoms with Crippen LogP contribution in [-0.2, 0) is 10.0 Å². The van der Waals surface area contributed by atoms with Crippen LogP contribution in [0.2, 0.25) is 5.02 Å². The Bertz CT molecular complexity index is 1210. The predicted octanol–water partition coefficient (Wildman–Crippen LogP) is 5.86. The topological polar surface area (TPSA) is 59.3 Å². The summed E-state index contributed by atoms with van der Waals surface area (Å²) in [5, 5.41) is 1.19. The van der Waals surface area contributed by atoms with E-state index in [0.717, 1.165) is 11.1 Å². The summed E-state index contributed by atoms with van der Waals surface area (Å²) in [6, 6.07) is 21.1. The van der Waals surface area contributed by atoms with Gasteiger partial charge in [0, 0.05) is 16.0 Å². The van der Waals surface area contributed by atoms with Crippen molar-refractivity contribution < 1.29 is 12.8 Å². The molecule has 0 aliphatic carbocycles. The third-order valence-electron chi connectivity index (χ3n) is 4.24. The highest BCUT2D eigenvalue weighted by Gasteiger charge is 2.22. The van der Waals surface area contributed by atoms with Gasteiger partial charge < -0.3 is 4.42 Å². The lowest BCUT2D eigenvalue weighted by atomic mass is 10.1. The zero-order valence-corrected chi connectivity index (χ0v) is 16.0. The standard InChI is InChI=1S/C21H16ClNO3S/c1-14-7-12-19-18(13-14)20(21(26-19)15-5-3-2-4-6-15)23-27(24,25)17-10-8-16(22)9-11-17/h2-13,23H,1H3. The van der Waals surface area contributed by atoms with Crippen LogP contribution in [-0.4, -0.2) is 8.42 Å². The summed E-state index contributed by atoms with van der Waals surface area (Å²) in [6.45, 7) is 1.95. The summed E-state index contributed by atoms with van der Waals surface area (Å²) < 4.78 is 34.6. The number of benzene rings is 3. The molecule has 0 atom stereocenters. The van der Waals surface area contributed by atoms with E-state index in [9.17, 15) is 8.42 Å². The molecule has 6 heteroatoms. The first-order valence-corrected chi connectivity index (χ1v) is 10.2. The first-order valence-electron chi connectivity index (χ1n) is 8.31. The summed E-state index contributed by atoms with van der Waals surface area (Å²) >= 11 is 5.88. The average Bonchev–Trinajstić information content (AvgIpc) is 3.00. The molecule has 0 saturated carbocycles. The zero-order chi connectivity index (χ0) is 19.0. The first kappa shape index (κ1) is 17.6. The van der Waals surface area contributed by atoms with Crippen LogP contribution >= 0.6 is 11.6 Å². The van der Waals surface area contributed by atoms with Gasteiger partial charge in [-0.1, -0.05) is 53.6 Å². The van der Waals surface area contributed by atoms with E-state index in [2.05, 4.69) is 4.72 Å². The van der Waals surface area contributed by atoms with Gasteiger partial charge in [0.1, 0.15) is 11.3 Å². The number of hydrogen-bond acceptors (Lipinski definition) is 3. The fourth-order valence-corrected chi connectivity index (χ4v) is 4.12. The Morgan fingerprint density at radius 3 is 2.33 bits per heavy atom. The lowest BCUT2D eigenvalue weighted by Gasteiger charge is -2.09. The second-order valence-corrected chi connectivity index (χ2v) is 8.35. The van der Waals surface area contributed by atoms with E-state index >= 15 is 0 Å². The van der Waals surface area contributed by atoms with E-state index in [4.69, 9.17) is 16.0 Å². The lowest BCUT2D eigenvalue weighted by molar-refractivity contribution is 0.600. The maximum absolute atomic E-state index is 12.9. The molecule has 27 heavy (non-hydrogen) atoms. The normalized spacial score (nSPS) is 11.6. The highest BCUT2D eigenvalue weighted by molar-refractivity contribution is 7.92. The summed E-state index contributed by atoms with van der Waals surface area (Å²) in [7, 11) is -3.80. The Balaban J connectivity index is 1.89. The van der Waals surface area contributed by atoms with Crippen molar-refractivity contribution in [1.82, 2.24) is 0 Å². The largest absolute Gasteiger partial charge is 0.454 e. The van der Waals surface area contributed by atoms with Crippen LogP contribution in [0.4, 0.5) is 5.69 Å². The molecule has 1 N–H and O–H groups in total. The maximum atomic E-state index is 12.9. The van der Waals surface area contributed by atoms with Gasteiger partial charge in [0.2, 0.25) is 0 Å². The second kappa shape index (κ2) is 6.76. The van der Waals surface area contributed by atoms with Crippen molar-refractivity contribution >= 4 is 38.3 Å². The van der Waals surface area contributed by atoms with Crippen molar-refractivity contribution in [3.8, 4) is 11.3 Å². The molecule has 4 aromatic rings. The number of fused-ring (bicyclic) bond motifs is 1. The van der Waals surface area contributed by atoms with E-state index in [1.807, 2.05) is 55.5 Å². The molecule has 0 saturated heterocycles. The monoisotopic (exact) mass is 397 g/mol. The molecule has 0 radical (unpaired) electrons. The van der Waals surface area contributed by atoms with Crippen molar-refractivity contribution in [1.29, 1.82) is 0 Å². The van der Waals surface area contributed by atoms with Crippen LogP contribution in [0.25, 0.3) is 22.3 Å². The van der Waals surface area contributed by atoms with Crippen molar-refractivity contribution in [2.45, 2.75) is 11.8 Å². The molecule has 0 aliphatic rings. The van der Waals surface area contributed by atoms with Gasteiger partial charge >= 0.3 is 0 Å². The highest BCUT2D eigenvalue weighted by atomic mass is 35.5. The number of furan rings is 1. The number of halogens is 1. The molecule has 4 nitrogen and oxygen atoms in total. The molecular formula is C21H16ClNO3S. The van der Waals surface area contributed by atoms with Crippen molar-refractivity contribution in [3.05, 3.63) is 83.4 Å². The van der Waals surface area contributed by atoms with Gasteiger partial charge in [0.05, 0.1) is 4.90 Å². The van der Waals surface area contributed by atoms with Gasteiger partial charge in [-0.3, -0.25) is 4.72 Å². The molecule has 0 spiro atoms. The number of anilines is 1. The van der Waals surface area contributed by atoms with E-state index < -0.39 is 10.0 Å². The SMILES string of the molecule is Cc1ccc2oc(-c3ccccc3)c(NS(=O)(=O)c3ccc(Cl)cc3)c2c1. The van der Waals surface area contributed by atoms with E-state index in [1.165, 1.54) is 12.1 Å². The zero-order valence-electron chi connectivity index (χ0n) is 14.4. The lowest BCUT2D eigenvalue weighted by Crippen LogP contribution is -2.13. The summed E-state index contributed by atoms with van der Waals surface area (Å²) in [6.07, 6.45) is 0. The maximum Gasteiger partial charge on any atom is 0.262 e. The van der Waals surface area contributed by atoms with Crippen LogP contribution < -0.4 is 4.72 Å². The molecule has 1 heterocycles. The highest BCUT2D eigenvalue weighted by Crippen LogP contribution is 2.39. The van der Waals surface area contributed by atoms with Gasteiger partial charge in [-0.05, 0) is 43.3 Å². The molecule has 0 amide bonds. The molecule has 0 aliphatic heterocycles. The smallest absolute Gasteiger partial charge is 0.262 e. The van der Waals surface area contributed by atoms with Gasteiger partial charge in [0.25, 0.3) is 10.0 Å². The van der Waals surface area contributed by atoms with Crippen molar-refractivity contribution in [2.75, 3.05) is 4.72 Å². The summed E-state index contributed by atoms with van der Waals surface area (Å²) in [5.74, 6) is 0.480. The molecule has 3 aromatic carbocycles. The fraction of sp³-hybridized carbons (Fsp3) is 0.0476. The van der Waals surface area contributed by atoms with E-state index in [-0.39, 0.29) is 4.90 Å². The number of nitrogens with one attached hydrogen (secondary N) is 1. The van der Waals surface area contributed by atoms with Crippen LogP contribution in [0, 0.1) is 6.92 Å². The quantitative estimate of drug-likeness (QED) is 0.469. The first-order chi connectivity index (χ1) is 12.9. The molecule has 1 aromatic heterocycles. The molecule has 0 unspecified atom stereocenters. The number of hydrogen-bond donors (Lipinski definition) is 1. The average molecular weight is 398 g/mol. The van der Waals surface area contributed by atoms with Gasteiger partial charge in [-0.2, -0.15) is 0 Å². The van der Waals surface area contributed by atoms with Gasteiger partial charge in [-0.15, -0.1) is 0 Å². The number of sulfonamides is 1.